The van der Waals surface area contributed by atoms with E-state index in [1.54, 1.807) is 0 Å². The molecule has 1 rings (SSSR count). The maximum Gasteiger partial charge on any atom is 0.0403 e. The maximum absolute atomic E-state index is 4.88. The summed E-state index contributed by atoms with van der Waals surface area (Å²) < 4.78 is 0. The normalized spacial score (nSPS) is 10.2. The predicted molar refractivity (Wildman–Crippen MR) is 58.9 cm³/mol. The minimum atomic E-state index is 0.906. The molecule has 0 amide bonds. The highest BCUT2D eigenvalue weighted by Gasteiger charge is 1.93. The lowest BCUT2D eigenvalue weighted by Gasteiger charge is -1.99. The molecule has 13 heavy (non-hydrogen) atoms. The van der Waals surface area contributed by atoms with Gasteiger partial charge in [-0.3, -0.25) is 4.98 Å². The van der Waals surface area contributed by atoms with Crippen molar-refractivity contribution in [3.8, 4) is 0 Å². The average Bonchev–Trinajstić information content (AvgIpc) is 2.19. The molecule has 0 unspecified atom stereocenters. The summed E-state index contributed by atoms with van der Waals surface area (Å²) in [5.41, 5.74) is 1.21. The zero-order valence-corrected chi connectivity index (χ0v) is 8.72. The van der Waals surface area contributed by atoms with Crippen LogP contribution in [0.3, 0.4) is 0 Å². The SMILES string of the molecule is [S]CCCCCCc1ccccn1. The summed E-state index contributed by atoms with van der Waals surface area (Å²) in [5.74, 6) is 0.906. The molecular formula is C11H16NS. The van der Waals surface area contributed by atoms with Crippen LogP contribution in [0.4, 0.5) is 0 Å². The lowest BCUT2D eigenvalue weighted by molar-refractivity contribution is 0.664. The zero-order chi connectivity index (χ0) is 9.36. The fourth-order valence-corrected chi connectivity index (χ4v) is 1.51. The highest BCUT2D eigenvalue weighted by Crippen LogP contribution is 2.05. The van der Waals surface area contributed by atoms with Crippen LogP contribution in [0.1, 0.15) is 31.4 Å². The molecule has 1 heterocycles. The molecule has 0 aliphatic rings. The van der Waals surface area contributed by atoms with Gasteiger partial charge in [0.1, 0.15) is 0 Å². The first-order valence-corrected chi connectivity index (χ1v) is 5.49. The molecule has 71 valence electrons. The summed E-state index contributed by atoms with van der Waals surface area (Å²) in [7, 11) is 0. The highest BCUT2D eigenvalue weighted by atomic mass is 32.1. The third-order valence-electron chi connectivity index (χ3n) is 2.05. The number of rotatable bonds is 6. The van der Waals surface area contributed by atoms with Crippen LogP contribution in [-0.2, 0) is 6.42 Å². The minimum Gasteiger partial charge on any atom is -0.261 e. The molecule has 0 N–H and O–H groups in total. The third kappa shape index (κ3) is 4.94. The van der Waals surface area contributed by atoms with E-state index >= 15 is 0 Å². The Labute approximate surface area is 86.0 Å². The Morgan fingerprint density at radius 2 is 1.92 bits per heavy atom. The Morgan fingerprint density at radius 3 is 2.62 bits per heavy atom. The van der Waals surface area contributed by atoms with E-state index in [1.807, 2.05) is 18.3 Å². The van der Waals surface area contributed by atoms with Crippen molar-refractivity contribution in [1.82, 2.24) is 4.98 Å². The molecule has 2 heteroatoms. The van der Waals surface area contributed by atoms with Crippen molar-refractivity contribution in [3.63, 3.8) is 0 Å². The van der Waals surface area contributed by atoms with Gasteiger partial charge in [-0.05, 0) is 31.4 Å². The molecule has 1 nitrogen and oxygen atoms in total. The number of unbranched alkanes of at least 4 members (excludes halogenated alkanes) is 3. The largest absolute Gasteiger partial charge is 0.261 e. The topological polar surface area (TPSA) is 12.9 Å². The van der Waals surface area contributed by atoms with Crippen molar-refractivity contribution in [2.45, 2.75) is 32.1 Å². The lowest BCUT2D eigenvalue weighted by Crippen LogP contribution is -1.89. The van der Waals surface area contributed by atoms with E-state index in [1.165, 1.54) is 31.4 Å². The Hall–Kier alpha value is -0.500. The van der Waals surface area contributed by atoms with Crippen LogP contribution in [0.15, 0.2) is 24.4 Å². The predicted octanol–water partition coefficient (Wildman–Crippen LogP) is 3.38. The smallest absolute Gasteiger partial charge is 0.0403 e. The van der Waals surface area contributed by atoms with Crippen molar-refractivity contribution >= 4 is 12.6 Å². The number of aromatic nitrogens is 1. The quantitative estimate of drug-likeness (QED) is 0.633. The van der Waals surface area contributed by atoms with E-state index < -0.39 is 0 Å². The summed E-state index contributed by atoms with van der Waals surface area (Å²) in [5, 5.41) is 0. The molecule has 0 bridgehead atoms. The second-order valence-corrected chi connectivity index (χ2v) is 3.60. The number of hydrogen-bond donors (Lipinski definition) is 0. The summed E-state index contributed by atoms with van der Waals surface area (Å²) in [6.07, 6.45) is 7.96. The Bertz CT molecular complexity index is 211. The van der Waals surface area contributed by atoms with Crippen LogP contribution >= 0.6 is 12.6 Å². The van der Waals surface area contributed by atoms with Gasteiger partial charge in [0.2, 0.25) is 0 Å². The second-order valence-electron chi connectivity index (χ2n) is 3.19. The molecule has 0 saturated carbocycles. The van der Waals surface area contributed by atoms with Gasteiger partial charge in [0.25, 0.3) is 0 Å². The molecular weight excluding hydrogens is 178 g/mol. The van der Waals surface area contributed by atoms with Gasteiger partial charge >= 0.3 is 0 Å². The molecule has 0 spiro atoms. The standard InChI is InChI=1S/C11H16NS/c13-10-6-2-1-3-7-11-8-4-5-9-12-11/h4-5,8-9H,1-3,6-7,10H2. The second kappa shape index (κ2) is 6.96. The van der Waals surface area contributed by atoms with Crippen molar-refractivity contribution in [2.24, 2.45) is 0 Å². The van der Waals surface area contributed by atoms with E-state index in [2.05, 4.69) is 11.1 Å². The van der Waals surface area contributed by atoms with Gasteiger partial charge in [-0.15, -0.1) is 0 Å². The van der Waals surface area contributed by atoms with Crippen LogP contribution in [0.25, 0.3) is 0 Å². The van der Waals surface area contributed by atoms with E-state index in [0.717, 1.165) is 12.2 Å². The van der Waals surface area contributed by atoms with Gasteiger partial charge in [0.05, 0.1) is 0 Å². The van der Waals surface area contributed by atoms with Gasteiger partial charge in [0.15, 0.2) is 0 Å². The third-order valence-corrected chi connectivity index (χ3v) is 2.34. The van der Waals surface area contributed by atoms with Crippen molar-refractivity contribution in [3.05, 3.63) is 30.1 Å². The van der Waals surface area contributed by atoms with E-state index in [4.69, 9.17) is 12.6 Å². The van der Waals surface area contributed by atoms with Crippen molar-refractivity contribution < 1.29 is 0 Å². The molecule has 0 aromatic carbocycles. The molecule has 0 aliphatic heterocycles. The monoisotopic (exact) mass is 194 g/mol. The molecule has 1 aromatic heterocycles. The van der Waals surface area contributed by atoms with Crippen LogP contribution in [-0.4, -0.2) is 10.7 Å². The summed E-state index contributed by atoms with van der Waals surface area (Å²) in [6.45, 7) is 0. The molecule has 1 radical (unpaired) electrons. The molecule has 0 saturated heterocycles. The van der Waals surface area contributed by atoms with Crippen LogP contribution in [0, 0.1) is 0 Å². The van der Waals surface area contributed by atoms with Gasteiger partial charge < -0.3 is 0 Å². The van der Waals surface area contributed by atoms with Gasteiger partial charge in [-0.1, -0.05) is 31.5 Å². The minimum absolute atomic E-state index is 0.906. The summed E-state index contributed by atoms with van der Waals surface area (Å²) in [6, 6.07) is 6.10. The highest BCUT2D eigenvalue weighted by molar-refractivity contribution is 7.80. The van der Waals surface area contributed by atoms with Crippen LogP contribution in [0.2, 0.25) is 0 Å². The number of nitrogens with zero attached hydrogens (tertiary/aromatic N) is 1. The van der Waals surface area contributed by atoms with Crippen molar-refractivity contribution in [1.29, 1.82) is 0 Å². The maximum atomic E-state index is 4.88. The number of hydrogen-bond acceptors (Lipinski definition) is 1. The summed E-state index contributed by atoms with van der Waals surface area (Å²) >= 11 is 4.88. The Balaban J connectivity index is 2.07. The first-order valence-electron chi connectivity index (χ1n) is 4.91. The first-order chi connectivity index (χ1) is 6.43. The van der Waals surface area contributed by atoms with Crippen LogP contribution in [0.5, 0.6) is 0 Å². The Morgan fingerprint density at radius 1 is 1.08 bits per heavy atom. The molecule has 0 aliphatic carbocycles. The average molecular weight is 194 g/mol. The van der Waals surface area contributed by atoms with Gasteiger partial charge in [-0.25, -0.2) is 0 Å². The zero-order valence-electron chi connectivity index (χ0n) is 7.91. The molecule has 0 atom stereocenters. The first kappa shape index (κ1) is 10.6. The molecule has 1 aromatic rings. The summed E-state index contributed by atoms with van der Waals surface area (Å²) in [4.78, 5) is 4.28. The molecule has 0 fully saturated rings. The van der Waals surface area contributed by atoms with E-state index in [0.29, 0.717) is 0 Å². The lowest BCUT2D eigenvalue weighted by atomic mass is 10.1. The Kier molecular flexibility index (Phi) is 5.66. The van der Waals surface area contributed by atoms with E-state index in [9.17, 15) is 0 Å². The fourth-order valence-electron chi connectivity index (χ4n) is 1.31. The van der Waals surface area contributed by atoms with Gasteiger partial charge in [0, 0.05) is 17.6 Å². The van der Waals surface area contributed by atoms with Gasteiger partial charge in [-0.2, -0.15) is 0 Å². The number of aryl methyl sites for hydroxylation is 1. The van der Waals surface area contributed by atoms with E-state index in [-0.39, 0.29) is 0 Å². The van der Waals surface area contributed by atoms with Crippen LogP contribution < -0.4 is 0 Å². The fraction of sp³-hybridized carbons (Fsp3) is 0.545. The van der Waals surface area contributed by atoms with Crippen molar-refractivity contribution in [2.75, 3.05) is 5.75 Å². The number of pyridine rings is 1.